The van der Waals surface area contributed by atoms with Crippen LogP contribution in [0.1, 0.15) is 63.0 Å². The van der Waals surface area contributed by atoms with Gasteiger partial charge in [0.25, 0.3) is 0 Å². The van der Waals surface area contributed by atoms with E-state index in [1.807, 2.05) is 84.0 Å². The Morgan fingerprint density at radius 1 is 0.923 bits per heavy atom. The quantitative estimate of drug-likeness (QED) is 0.582. The number of hydrogen-bond donors (Lipinski definition) is 0. The van der Waals surface area contributed by atoms with Crippen LogP contribution in [0.25, 0.3) is 0 Å². The number of nitrogens with zero attached hydrogens (tertiary/aromatic N) is 1. The van der Waals surface area contributed by atoms with Crippen LogP contribution in [0.4, 0.5) is 0 Å². The molecule has 4 heteroatoms. The summed E-state index contributed by atoms with van der Waals surface area (Å²) in [6.45, 7) is 12.2. The van der Waals surface area contributed by atoms with Gasteiger partial charge in [0.05, 0.1) is 5.56 Å². The lowest BCUT2D eigenvalue weighted by Gasteiger charge is -2.42. The highest BCUT2D eigenvalue weighted by Gasteiger charge is 2.36. The van der Waals surface area contributed by atoms with Crippen molar-refractivity contribution in [3.8, 4) is 11.5 Å². The second-order valence-electron chi connectivity index (χ2n) is 8.68. The number of rotatable bonds is 2. The Kier molecular flexibility index (Phi) is 4.57. The summed E-state index contributed by atoms with van der Waals surface area (Å²) in [6.07, 6.45) is 0.655. The van der Waals surface area contributed by atoms with Crippen molar-refractivity contribution in [2.45, 2.75) is 59.0 Å². The predicted molar refractivity (Wildman–Crippen MR) is 103 cm³/mol. The number of carbonyl (C=O) groups is 1. The highest BCUT2D eigenvalue weighted by atomic mass is 16.7. The molecule has 1 heterocycles. The van der Waals surface area contributed by atoms with E-state index in [0.717, 1.165) is 22.6 Å². The molecule has 0 fully saturated rings. The second-order valence-corrected chi connectivity index (χ2v) is 8.68. The van der Waals surface area contributed by atoms with Gasteiger partial charge in [-0.1, -0.05) is 24.3 Å². The molecule has 0 unspecified atom stereocenters. The van der Waals surface area contributed by atoms with Gasteiger partial charge >= 0.3 is 5.97 Å². The third-order valence-corrected chi connectivity index (χ3v) is 4.31. The molecule has 2 aromatic rings. The van der Waals surface area contributed by atoms with E-state index >= 15 is 0 Å². The molecule has 0 bridgehead atoms. The first-order chi connectivity index (χ1) is 12.1. The van der Waals surface area contributed by atoms with Crippen molar-refractivity contribution in [2.75, 3.05) is 0 Å². The monoisotopic (exact) mass is 353 g/mol. The van der Waals surface area contributed by atoms with Crippen LogP contribution in [0, 0.1) is 0 Å². The van der Waals surface area contributed by atoms with Crippen LogP contribution in [-0.4, -0.2) is 22.1 Å². The van der Waals surface area contributed by atoms with Gasteiger partial charge in [-0.15, -0.1) is 5.06 Å². The number of carbonyl (C=O) groups excluding carboxylic acids is 1. The Morgan fingerprint density at radius 2 is 1.54 bits per heavy atom. The standard InChI is InChI=1S/C22H27NO3/c1-21(2,3)23(22(4,5)6)26-20(24)16-11-9-13-19-17(16)14-15-10-7-8-12-18(15)25-19/h7-13H,14H2,1-6H3. The molecule has 26 heavy (non-hydrogen) atoms. The van der Waals surface area contributed by atoms with E-state index in [4.69, 9.17) is 9.57 Å². The Hall–Kier alpha value is -2.33. The zero-order valence-corrected chi connectivity index (χ0v) is 16.4. The fraction of sp³-hybridized carbons (Fsp3) is 0.409. The number of benzene rings is 2. The van der Waals surface area contributed by atoms with Crippen LogP contribution in [0.5, 0.6) is 11.5 Å². The Morgan fingerprint density at radius 3 is 2.19 bits per heavy atom. The molecule has 0 atom stereocenters. The maximum atomic E-state index is 13.0. The molecule has 4 nitrogen and oxygen atoms in total. The predicted octanol–water partition coefficient (Wildman–Crippen LogP) is 5.35. The fourth-order valence-electron chi connectivity index (χ4n) is 3.51. The summed E-state index contributed by atoms with van der Waals surface area (Å²) in [4.78, 5) is 18.9. The Bertz CT molecular complexity index is 814. The summed E-state index contributed by atoms with van der Waals surface area (Å²) in [5, 5.41) is 1.76. The third-order valence-electron chi connectivity index (χ3n) is 4.31. The number of hydroxylamine groups is 2. The van der Waals surface area contributed by atoms with E-state index in [1.54, 1.807) is 5.06 Å². The lowest BCUT2D eigenvalue weighted by Crippen LogP contribution is -2.53. The van der Waals surface area contributed by atoms with Gasteiger partial charge in [-0.2, -0.15) is 0 Å². The number of ether oxygens (including phenoxy) is 1. The van der Waals surface area contributed by atoms with Crippen LogP contribution < -0.4 is 4.74 Å². The molecule has 3 rings (SSSR count). The average molecular weight is 353 g/mol. The van der Waals surface area contributed by atoms with E-state index in [-0.39, 0.29) is 17.0 Å². The summed E-state index contributed by atoms with van der Waals surface area (Å²) >= 11 is 0. The molecule has 0 aromatic heterocycles. The lowest BCUT2D eigenvalue weighted by atomic mass is 9.96. The summed E-state index contributed by atoms with van der Waals surface area (Å²) in [6, 6.07) is 13.4. The average Bonchev–Trinajstić information content (AvgIpc) is 2.55. The first-order valence-corrected chi connectivity index (χ1v) is 8.97. The molecular formula is C22H27NO3. The minimum atomic E-state index is -0.352. The molecule has 0 radical (unpaired) electrons. The smallest absolute Gasteiger partial charge is 0.357 e. The molecule has 0 saturated heterocycles. The number of fused-ring (bicyclic) bond motifs is 2. The van der Waals surface area contributed by atoms with Crippen LogP contribution in [0.2, 0.25) is 0 Å². The Balaban J connectivity index is 1.93. The summed E-state index contributed by atoms with van der Waals surface area (Å²) in [7, 11) is 0. The van der Waals surface area contributed by atoms with Crippen molar-refractivity contribution in [3.05, 3.63) is 59.2 Å². The largest absolute Gasteiger partial charge is 0.457 e. The molecule has 0 N–H and O–H groups in total. The van der Waals surface area contributed by atoms with Gasteiger partial charge in [0, 0.05) is 23.1 Å². The lowest BCUT2D eigenvalue weighted by molar-refractivity contribution is -0.213. The van der Waals surface area contributed by atoms with E-state index in [9.17, 15) is 4.79 Å². The SMILES string of the molecule is CC(C)(C)N(OC(=O)c1cccc2c1Cc1ccccc1O2)C(C)(C)C. The molecule has 0 spiro atoms. The Labute approximate surface area is 155 Å². The first-order valence-electron chi connectivity index (χ1n) is 8.97. The van der Waals surface area contributed by atoms with Crippen molar-refractivity contribution in [1.82, 2.24) is 5.06 Å². The van der Waals surface area contributed by atoms with Crippen molar-refractivity contribution in [3.63, 3.8) is 0 Å². The molecule has 1 aliphatic heterocycles. The van der Waals surface area contributed by atoms with Crippen LogP contribution in [0.3, 0.4) is 0 Å². The van der Waals surface area contributed by atoms with Crippen LogP contribution >= 0.6 is 0 Å². The maximum Gasteiger partial charge on any atom is 0.357 e. The molecule has 2 aromatic carbocycles. The van der Waals surface area contributed by atoms with Gasteiger partial charge < -0.3 is 9.57 Å². The van der Waals surface area contributed by atoms with Gasteiger partial charge in [0.1, 0.15) is 11.5 Å². The van der Waals surface area contributed by atoms with Crippen molar-refractivity contribution in [2.24, 2.45) is 0 Å². The van der Waals surface area contributed by atoms with Gasteiger partial charge in [0.2, 0.25) is 0 Å². The van der Waals surface area contributed by atoms with E-state index < -0.39 is 0 Å². The van der Waals surface area contributed by atoms with Crippen molar-refractivity contribution < 1.29 is 14.4 Å². The van der Waals surface area contributed by atoms with Crippen LogP contribution in [0.15, 0.2) is 42.5 Å². The third kappa shape index (κ3) is 3.61. The maximum absolute atomic E-state index is 13.0. The molecule has 1 aliphatic rings. The fourth-order valence-corrected chi connectivity index (χ4v) is 3.51. The minimum absolute atomic E-state index is 0.314. The van der Waals surface area contributed by atoms with Crippen molar-refractivity contribution >= 4 is 5.97 Å². The van der Waals surface area contributed by atoms with Crippen LogP contribution in [-0.2, 0) is 11.3 Å². The molecular weight excluding hydrogens is 326 g/mol. The van der Waals surface area contributed by atoms with E-state index in [0.29, 0.717) is 12.0 Å². The van der Waals surface area contributed by atoms with Gasteiger partial charge in [-0.25, -0.2) is 4.79 Å². The van der Waals surface area contributed by atoms with Gasteiger partial charge in [0.15, 0.2) is 0 Å². The molecule has 0 aliphatic carbocycles. The van der Waals surface area contributed by atoms with Crippen molar-refractivity contribution in [1.29, 1.82) is 0 Å². The van der Waals surface area contributed by atoms with Gasteiger partial charge in [-0.05, 0) is 65.3 Å². The number of hydrogen-bond acceptors (Lipinski definition) is 4. The van der Waals surface area contributed by atoms with E-state index in [2.05, 4.69) is 0 Å². The summed E-state index contributed by atoms with van der Waals surface area (Å²) < 4.78 is 5.99. The van der Waals surface area contributed by atoms with E-state index in [1.165, 1.54) is 0 Å². The molecule has 0 amide bonds. The summed E-state index contributed by atoms with van der Waals surface area (Å²) in [5.74, 6) is 1.21. The second kappa shape index (κ2) is 6.44. The minimum Gasteiger partial charge on any atom is -0.457 e. The number of para-hydroxylation sites is 1. The highest BCUT2D eigenvalue weighted by Crippen LogP contribution is 2.38. The highest BCUT2D eigenvalue weighted by molar-refractivity contribution is 5.92. The molecule has 0 saturated carbocycles. The zero-order chi connectivity index (χ0) is 19.1. The molecule has 138 valence electrons. The zero-order valence-electron chi connectivity index (χ0n) is 16.4. The normalized spacial score (nSPS) is 13.7. The summed E-state index contributed by atoms with van der Waals surface area (Å²) in [5.41, 5.74) is 1.87. The topological polar surface area (TPSA) is 38.8 Å². The van der Waals surface area contributed by atoms with Gasteiger partial charge in [-0.3, -0.25) is 0 Å². The first kappa shape index (κ1) is 18.5.